The van der Waals surface area contributed by atoms with Crippen LogP contribution >= 0.6 is 0 Å². The van der Waals surface area contributed by atoms with Crippen molar-refractivity contribution in [1.82, 2.24) is 15.3 Å². The average Bonchev–Trinajstić information content (AvgIpc) is 2.51. The van der Waals surface area contributed by atoms with Crippen molar-refractivity contribution in [1.29, 1.82) is 0 Å². The molecule has 1 atom stereocenters. The summed E-state index contributed by atoms with van der Waals surface area (Å²) in [6, 6.07) is 11.5. The monoisotopic (exact) mass is 265 g/mol. The molecule has 100 valence electrons. The number of nitrogens with one attached hydrogen (secondary N) is 1. The van der Waals surface area contributed by atoms with Crippen LogP contribution in [-0.2, 0) is 0 Å². The van der Waals surface area contributed by atoms with Crippen LogP contribution < -0.4 is 5.32 Å². The number of benzene rings is 1. The number of phenols is 1. The zero-order valence-electron chi connectivity index (χ0n) is 11.1. The highest BCUT2D eigenvalue weighted by molar-refractivity contribution is 5.85. The van der Waals surface area contributed by atoms with E-state index in [0.29, 0.717) is 5.52 Å². The highest BCUT2D eigenvalue weighted by Gasteiger charge is 2.17. The summed E-state index contributed by atoms with van der Waals surface area (Å²) >= 11 is 0. The van der Waals surface area contributed by atoms with E-state index < -0.39 is 0 Å². The number of hydrogen-bond acceptors (Lipinski definition) is 4. The van der Waals surface area contributed by atoms with Crippen LogP contribution in [-0.4, -0.2) is 22.1 Å². The first-order valence-electron chi connectivity index (χ1n) is 6.45. The highest BCUT2D eigenvalue weighted by Crippen LogP contribution is 2.33. The van der Waals surface area contributed by atoms with Gasteiger partial charge in [-0.15, -0.1) is 0 Å². The lowest BCUT2D eigenvalue weighted by atomic mass is 9.97. The number of aromatic nitrogens is 2. The van der Waals surface area contributed by atoms with Gasteiger partial charge in [0.1, 0.15) is 11.3 Å². The SMILES string of the molecule is CNC(c1ccncc1)c1ccc2cccnc2c1O. The van der Waals surface area contributed by atoms with Crippen molar-refractivity contribution in [2.45, 2.75) is 6.04 Å². The van der Waals surface area contributed by atoms with Crippen molar-refractivity contribution in [3.05, 3.63) is 66.1 Å². The second-order valence-electron chi connectivity index (χ2n) is 4.58. The molecule has 1 aromatic carbocycles. The van der Waals surface area contributed by atoms with Gasteiger partial charge in [0.05, 0.1) is 6.04 Å². The van der Waals surface area contributed by atoms with Gasteiger partial charge in [0.2, 0.25) is 0 Å². The molecule has 4 nitrogen and oxygen atoms in total. The normalized spacial score (nSPS) is 12.4. The molecule has 2 N–H and O–H groups in total. The third-order valence-corrected chi connectivity index (χ3v) is 3.42. The van der Waals surface area contributed by atoms with Crippen molar-refractivity contribution in [3.8, 4) is 5.75 Å². The Morgan fingerprint density at radius 1 is 1.05 bits per heavy atom. The molecule has 0 aliphatic carbocycles. The Morgan fingerprint density at radius 2 is 1.85 bits per heavy atom. The van der Waals surface area contributed by atoms with E-state index in [1.54, 1.807) is 18.6 Å². The zero-order valence-corrected chi connectivity index (χ0v) is 11.1. The lowest BCUT2D eigenvalue weighted by Crippen LogP contribution is -2.17. The number of phenolic OH excluding ortho intramolecular Hbond substituents is 1. The number of pyridine rings is 2. The average molecular weight is 265 g/mol. The van der Waals surface area contributed by atoms with Gasteiger partial charge >= 0.3 is 0 Å². The van der Waals surface area contributed by atoms with E-state index in [1.165, 1.54) is 0 Å². The fourth-order valence-electron chi connectivity index (χ4n) is 2.44. The molecule has 3 aromatic rings. The van der Waals surface area contributed by atoms with Gasteiger partial charge in [-0.05, 0) is 30.8 Å². The summed E-state index contributed by atoms with van der Waals surface area (Å²) in [5.74, 6) is 0.222. The maximum atomic E-state index is 10.5. The van der Waals surface area contributed by atoms with Gasteiger partial charge in [0.25, 0.3) is 0 Å². The molecule has 0 fully saturated rings. The Kier molecular flexibility index (Phi) is 3.31. The number of nitrogens with zero attached hydrogens (tertiary/aromatic N) is 2. The maximum absolute atomic E-state index is 10.5. The fraction of sp³-hybridized carbons (Fsp3) is 0.125. The van der Waals surface area contributed by atoms with Gasteiger partial charge < -0.3 is 10.4 Å². The van der Waals surface area contributed by atoms with E-state index in [2.05, 4.69) is 15.3 Å². The first kappa shape index (κ1) is 12.6. The van der Waals surface area contributed by atoms with Crippen LogP contribution in [0.1, 0.15) is 17.2 Å². The minimum Gasteiger partial charge on any atom is -0.505 e. The molecule has 0 bridgehead atoms. The van der Waals surface area contributed by atoms with E-state index in [9.17, 15) is 5.11 Å². The molecule has 0 amide bonds. The first-order chi connectivity index (χ1) is 9.81. The number of aromatic hydroxyl groups is 1. The largest absolute Gasteiger partial charge is 0.505 e. The molecule has 0 saturated carbocycles. The summed E-state index contributed by atoms with van der Waals surface area (Å²) < 4.78 is 0. The van der Waals surface area contributed by atoms with Crippen LogP contribution in [0, 0.1) is 0 Å². The summed E-state index contributed by atoms with van der Waals surface area (Å²) in [6.45, 7) is 0. The summed E-state index contributed by atoms with van der Waals surface area (Å²) in [7, 11) is 1.87. The topological polar surface area (TPSA) is 58.0 Å². The van der Waals surface area contributed by atoms with Gasteiger partial charge in [0.15, 0.2) is 0 Å². The molecule has 0 saturated heterocycles. The Hall–Kier alpha value is -2.46. The van der Waals surface area contributed by atoms with Gasteiger partial charge in [-0.3, -0.25) is 9.97 Å². The maximum Gasteiger partial charge on any atom is 0.146 e. The minimum absolute atomic E-state index is 0.0931. The fourth-order valence-corrected chi connectivity index (χ4v) is 2.44. The summed E-state index contributed by atoms with van der Waals surface area (Å²) in [5, 5.41) is 14.6. The predicted octanol–water partition coefficient (Wildman–Crippen LogP) is 2.64. The molecular formula is C16H15N3O. The Balaban J connectivity index is 2.15. The van der Waals surface area contributed by atoms with Gasteiger partial charge in [-0.25, -0.2) is 0 Å². The predicted molar refractivity (Wildman–Crippen MR) is 78.5 cm³/mol. The van der Waals surface area contributed by atoms with Crippen LogP contribution in [0.25, 0.3) is 10.9 Å². The molecule has 20 heavy (non-hydrogen) atoms. The quantitative estimate of drug-likeness (QED) is 0.764. The van der Waals surface area contributed by atoms with E-state index in [-0.39, 0.29) is 11.8 Å². The molecule has 2 heterocycles. The van der Waals surface area contributed by atoms with Gasteiger partial charge in [0, 0.05) is 29.5 Å². The van der Waals surface area contributed by atoms with E-state index >= 15 is 0 Å². The minimum atomic E-state index is -0.0931. The second-order valence-corrected chi connectivity index (χ2v) is 4.58. The highest BCUT2D eigenvalue weighted by atomic mass is 16.3. The number of rotatable bonds is 3. The molecule has 0 spiro atoms. The van der Waals surface area contributed by atoms with Crippen LogP contribution in [0.2, 0.25) is 0 Å². The zero-order chi connectivity index (χ0) is 13.9. The van der Waals surface area contributed by atoms with E-state index in [0.717, 1.165) is 16.5 Å². The van der Waals surface area contributed by atoms with Gasteiger partial charge in [-0.1, -0.05) is 18.2 Å². The first-order valence-corrected chi connectivity index (χ1v) is 6.45. The molecule has 1 unspecified atom stereocenters. The molecule has 3 rings (SSSR count). The summed E-state index contributed by atoms with van der Waals surface area (Å²) in [6.07, 6.45) is 5.18. The van der Waals surface area contributed by atoms with Crippen molar-refractivity contribution < 1.29 is 5.11 Å². The molecule has 0 aliphatic rings. The Labute approximate surface area is 117 Å². The standard InChI is InChI=1S/C16H15N3O/c1-17-14(12-6-9-18-10-7-12)13-5-4-11-3-2-8-19-15(11)16(13)20/h2-10,14,17,20H,1H3. The number of fused-ring (bicyclic) bond motifs is 1. The van der Waals surface area contributed by atoms with Crippen molar-refractivity contribution in [3.63, 3.8) is 0 Å². The Bertz CT molecular complexity index is 728. The Morgan fingerprint density at radius 3 is 2.60 bits per heavy atom. The van der Waals surface area contributed by atoms with Crippen LogP contribution in [0.3, 0.4) is 0 Å². The lowest BCUT2D eigenvalue weighted by molar-refractivity contribution is 0.466. The van der Waals surface area contributed by atoms with Crippen molar-refractivity contribution in [2.24, 2.45) is 0 Å². The molecule has 0 aliphatic heterocycles. The van der Waals surface area contributed by atoms with Gasteiger partial charge in [-0.2, -0.15) is 0 Å². The molecule has 0 radical (unpaired) electrons. The smallest absolute Gasteiger partial charge is 0.146 e. The van der Waals surface area contributed by atoms with Crippen molar-refractivity contribution >= 4 is 10.9 Å². The number of hydrogen-bond donors (Lipinski definition) is 2. The molecule has 4 heteroatoms. The van der Waals surface area contributed by atoms with E-state index in [4.69, 9.17) is 0 Å². The third kappa shape index (κ3) is 2.10. The van der Waals surface area contributed by atoms with Crippen molar-refractivity contribution in [2.75, 3.05) is 7.05 Å². The van der Waals surface area contributed by atoms with Crippen LogP contribution in [0.15, 0.2) is 55.0 Å². The van der Waals surface area contributed by atoms with E-state index in [1.807, 2.05) is 43.4 Å². The second kappa shape index (κ2) is 5.27. The molecule has 2 aromatic heterocycles. The third-order valence-electron chi connectivity index (χ3n) is 3.42. The molecular weight excluding hydrogens is 250 g/mol. The van der Waals surface area contributed by atoms with Crippen LogP contribution in [0.4, 0.5) is 0 Å². The lowest BCUT2D eigenvalue weighted by Gasteiger charge is -2.18. The summed E-state index contributed by atoms with van der Waals surface area (Å²) in [5.41, 5.74) is 2.48. The van der Waals surface area contributed by atoms with Crippen LogP contribution in [0.5, 0.6) is 5.75 Å². The summed E-state index contributed by atoms with van der Waals surface area (Å²) in [4.78, 5) is 8.29.